The minimum atomic E-state index is -0.496. The predicted molar refractivity (Wildman–Crippen MR) is 118 cm³/mol. The van der Waals surface area contributed by atoms with Crippen molar-refractivity contribution >= 4 is 33.8 Å². The van der Waals surface area contributed by atoms with Gasteiger partial charge in [-0.2, -0.15) is 10.5 Å². The summed E-state index contributed by atoms with van der Waals surface area (Å²) in [5.74, 6) is 0.284. The van der Waals surface area contributed by atoms with E-state index < -0.39 is 4.92 Å². The molecule has 3 aromatic rings. The highest BCUT2D eigenvalue weighted by Crippen LogP contribution is 2.39. The topological polar surface area (TPSA) is 123 Å². The summed E-state index contributed by atoms with van der Waals surface area (Å²) in [5, 5.41) is 32.1. The number of nitrogens with zero attached hydrogens (tertiary/aromatic N) is 7. The van der Waals surface area contributed by atoms with Gasteiger partial charge in [0, 0.05) is 25.0 Å². The first-order valence-corrected chi connectivity index (χ1v) is 9.85. The van der Waals surface area contributed by atoms with Crippen LogP contribution >= 0.6 is 0 Å². The van der Waals surface area contributed by atoms with Crippen LogP contribution in [0.2, 0.25) is 0 Å². The Balaban J connectivity index is 2.18. The zero-order chi connectivity index (χ0) is 22.2. The van der Waals surface area contributed by atoms with Crippen molar-refractivity contribution in [2.24, 2.45) is 0 Å². The molecular formula is C22H21N7O2. The van der Waals surface area contributed by atoms with E-state index in [1.54, 1.807) is 9.80 Å². The molecule has 0 fully saturated rings. The van der Waals surface area contributed by atoms with Crippen LogP contribution in [0.15, 0.2) is 48.8 Å². The molecule has 31 heavy (non-hydrogen) atoms. The molecule has 0 unspecified atom stereocenters. The van der Waals surface area contributed by atoms with E-state index in [-0.39, 0.29) is 43.3 Å². The van der Waals surface area contributed by atoms with E-state index in [2.05, 4.69) is 9.97 Å². The van der Waals surface area contributed by atoms with Crippen LogP contribution in [0.1, 0.15) is 19.8 Å². The third-order valence-corrected chi connectivity index (χ3v) is 4.88. The number of nitro groups is 1. The van der Waals surface area contributed by atoms with Crippen LogP contribution in [0, 0.1) is 32.8 Å². The number of hydrogen-bond donors (Lipinski definition) is 0. The average molecular weight is 415 g/mol. The van der Waals surface area contributed by atoms with E-state index in [9.17, 15) is 10.1 Å². The fourth-order valence-electron chi connectivity index (χ4n) is 3.52. The van der Waals surface area contributed by atoms with Crippen molar-refractivity contribution in [3.63, 3.8) is 0 Å². The quantitative estimate of drug-likeness (QED) is 0.374. The Bertz CT molecular complexity index is 1140. The number of hydrogen-bond acceptors (Lipinski definition) is 8. The monoisotopic (exact) mass is 415 g/mol. The number of nitriles is 2. The highest BCUT2D eigenvalue weighted by atomic mass is 16.6. The summed E-state index contributed by atoms with van der Waals surface area (Å²) in [6.45, 7) is 2.81. The maximum Gasteiger partial charge on any atom is 0.353 e. The molecule has 156 valence electrons. The van der Waals surface area contributed by atoms with Crippen LogP contribution in [0.3, 0.4) is 0 Å². The van der Waals surface area contributed by atoms with Gasteiger partial charge in [-0.1, -0.05) is 36.4 Å². The van der Waals surface area contributed by atoms with Gasteiger partial charge in [-0.3, -0.25) is 10.1 Å². The second-order valence-corrected chi connectivity index (χ2v) is 6.67. The minimum absolute atomic E-state index is 0.110. The first-order chi connectivity index (χ1) is 15.1. The standard InChI is InChI=1S/C22H21N7O2/c1-2-28(19-11-5-9-17-8-3-4-10-18(17)19)22-20(29(30)31)21(25-16-26-22)27(14-6-12-23)15-7-13-24/h3-5,8-11,16H,2,6-7,14-15H2,1H3. The Morgan fingerprint density at radius 2 is 1.65 bits per heavy atom. The molecule has 9 heteroatoms. The number of benzene rings is 2. The van der Waals surface area contributed by atoms with E-state index in [1.807, 2.05) is 61.5 Å². The lowest BCUT2D eigenvalue weighted by molar-refractivity contribution is -0.383. The normalized spacial score (nSPS) is 10.3. The summed E-state index contributed by atoms with van der Waals surface area (Å²) in [7, 11) is 0. The summed E-state index contributed by atoms with van der Waals surface area (Å²) < 4.78 is 0. The molecule has 0 saturated carbocycles. The lowest BCUT2D eigenvalue weighted by atomic mass is 10.1. The van der Waals surface area contributed by atoms with Crippen molar-refractivity contribution in [2.75, 3.05) is 29.4 Å². The van der Waals surface area contributed by atoms with Gasteiger partial charge in [0.2, 0.25) is 11.6 Å². The molecular weight excluding hydrogens is 394 g/mol. The van der Waals surface area contributed by atoms with Gasteiger partial charge in [0.25, 0.3) is 0 Å². The number of fused-ring (bicyclic) bond motifs is 1. The molecule has 1 heterocycles. The van der Waals surface area contributed by atoms with Crippen LogP contribution in [-0.2, 0) is 0 Å². The maximum atomic E-state index is 12.2. The zero-order valence-corrected chi connectivity index (χ0v) is 17.1. The Morgan fingerprint density at radius 3 is 2.29 bits per heavy atom. The molecule has 0 radical (unpaired) electrons. The third-order valence-electron chi connectivity index (χ3n) is 4.88. The van der Waals surface area contributed by atoms with Crippen molar-refractivity contribution in [1.82, 2.24) is 9.97 Å². The lowest BCUT2D eigenvalue weighted by Gasteiger charge is -2.26. The Kier molecular flexibility index (Phi) is 6.92. The van der Waals surface area contributed by atoms with Crippen molar-refractivity contribution in [3.8, 4) is 12.1 Å². The molecule has 0 bridgehead atoms. The molecule has 0 aliphatic rings. The molecule has 0 aliphatic heterocycles. The van der Waals surface area contributed by atoms with Crippen molar-refractivity contribution in [3.05, 3.63) is 58.9 Å². The molecule has 2 aromatic carbocycles. The van der Waals surface area contributed by atoms with Gasteiger partial charge in [0.05, 0.1) is 35.6 Å². The van der Waals surface area contributed by atoms with Crippen LogP contribution in [0.25, 0.3) is 10.8 Å². The van der Waals surface area contributed by atoms with Gasteiger partial charge in [0.1, 0.15) is 6.33 Å². The van der Waals surface area contributed by atoms with E-state index in [4.69, 9.17) is 10.5 Å². The van der Waals surface area contributed by atoms with Crippen LogP contribution in [0.4, 0.5) is 23.0 Å². The predicted octanol–water partition coefficient (Wildman–Crippen LogP) is 4.33. The van der Waals surface area contributed by atoms with Gasteiger partial charge in [0.15, 0.2) is 0 Å². The van der Waals surface area contributed by atoms with Crippen molar-refractivity contribution in [2.45, 2.75) is 19.8 Å². The van der Waals surface area contributed by atoms with Gasteiger partial charge < -0.3 is 9.80 Å². The fourth-order valence-corrected chi connectivity index (χ4v) is 3.52. The molecule has 1 aromatic heterocycles. The second-order valence-electron chi connectivity index (χ2n) is 6.67. The average Bonchev–Trinajstić information content (AvgIpc) is 2.79. The molecule has 0 N–H and O–H groups in total. The fraction of sp³-hybridized carbons (Fsp3) is 0.273. The van der Waals surface area contributed by atoms with Gasteiger partial charge in [-0.25, -0.2) is 9.97 Å². The van der Waals surface area contributed by atoms with Crippen molar-refractivity contribution < 1.29 is 4.92 Å². The molecule has 0 spiro atoms. The molecule has 0 atom stereocenters. The largest absolute Gasteiger partial charge is 0.353 e. The first kappa shape index (κ1) is 21.5. The van der Waals surface area contributed by atoms with Crippen LogP contribution in [-0.4, -0.2) is 34.5 Å². The van der Waals surface area contributed by atoms with E-state index in [0.29, 0.717) is 6.54 Å². The van der Waals surface area contributed by atoms with Crippen LogP contribution < -0.4 is 9.80 Å². The number of anilines is 3. The van der Waals surface area contributed by atoms with Crippen LogP contribution in [0.5, 0.6) is 0 Å². The van der Waals surface area contributed by atoms with E-state index in [1.165, 1.54) is 6.33 Å². The maximum absolute atomic E-state index is 12.2. The number of rotatable bonds is 9. The smallest absolute Gasteiger partial charge is 0.349 e. The Morgan fingerprint density at radius 1 is 1.00 bits per heavy atom. The summed E-state index contributed by atoms with van der Waals surface area (Å²) in [4.78, 5) is 23.5. The summed E-state index contributed by atoms with van der Waals surface area (Å²) in [6, 6.07) is 17.7. The third kappa shape index (κ3) is 4.51. The zero-order valence-electron chi connectivity index (χ0n) is 17.1. The number of aromatic nitrogens is 2. The first-order valence-electron chi connectivity index (χ1n) is 9.85. The molecule has 9 nitrogen and oxygen atoms in total. The molecule has 0 saturated heterocycles. The summed E-state index contributed by atoms with van der Waals surface area (Å²) in [6.07, 6.45) is 1.60. The molecule has 0 aliphatic carbocycles. The van der Waals surface area contributed by atoms with Crippen molar-refractivity contribution in [1.29, 1.82) is 10.5 Å². The Labute approximate surface area is 179 Å². The highest BCUT2D eigenvalue weighted by molar-refractivity contribution is 5.96. The van der Waals surface area contributed by atoms with Gasteiger partial charge >= 0.3 is 5.69 Å². The van der Waals surface area contributed by atoms with E-state index >= 15 is 0 Å². The minimum Gasteiger partial charge on any atom is -0.349 e. The van der Waals surface area contributed by atoms with E-state index in [0.717, 1.165) is 16.5 Å². The van der Waals surface area contributed by atoms with Gasteiger partial charge in [-0.05, 0) is 18.4 Å². The lowest BCUT2D eigenvalue weighted by Crippen LogP contribution is -2.28. The Hall–Kier alpha value is -4.24. The SMILES string of the molecule is CCN(c1ncnc(N(CCC#N)CCC#N)c1[N+](=O)[O-])c1cccc2ccccc12. The van der Waals surface area contributed by atoms with Gasteiger partial charge in [-0.15, -0.1) is 0 Å². The molecule has 0 amide bonds. The highest BCUT2D eigenvalue weighted by Gasteiger charge is 2.30. The molecule has 3 rings (SSSR count). The summed E-state index contributed by atoms with van der Waals surface area (Å²) >= 11 is 0. The second kappa shape index (κ2) is 9.99. The summed E-state index contributed by atoms with van der Waals surface area (Å²) in [5.41, 5.74) is 0.558.